The van der Waals surface area contributed by atoms with Gasteiger partial charge in [-0.05, 0) is 134 Å². The van der Waals surface area contributed by atoms with Crippen LogP contribution in [0.2, 0.25) is 17.4 Å². The molecular formula is C58H88I2O25P10S9Tl9-4. The van der Waals surface area contributed by atoms with Crippen LogP contribution in [0.4, 0.5) is 0 Å². The average Bonchev–Trinajstić information content (AvgIpc) is 0.811. The molecule has 5 fully saturated rings. The standard InChI is InChI=1S/C22H26O10.C22H20O7.C8H9O3.C6H4I2.5HOPS.5H3P.4H2S.9Tl.5H/c23-9-15-19(27)21(29)17(25)13(31-15)7-5-11-1-2-12(4-3-11)6-8-14-18(26)22(30)20(28)16(10-24)32-14;23-12-17-8-9-18(25)20(29-17)10-6-15-3-1-14(2-4-15)5-7-16-11-19(26)22(27)21(13-24)28-16;1-2-8-7(10)4-3-6(5-9)11-8;7-5-1-2-6(8)4-3-5;5*1-3-2;;;;;;;;;;;;;;;;;;;;;;;/h1-4,13-30H,9-10H2;1-4,8-9,11,16-24H,12-13H2;1,3-4,6-9H,5H2;1-4H;5*2H;5*1H3;4*1H2;;;;;;;;;;;;;;/q;-3;-1;;;;;;;;;;;;;;;;;;;;;4*+1;;;;;/p-4/t13-,14-,15-,16-,17-,18-,19-,20-,21-,22-;16-,17+,18+,19-,20-,21-,22+;6-,7-,8+;;;;;;;;;;;;;;;;;;;;;;;;;;;;;/m110............................./s1. The molecule has 5 saturated heterocycles. The monoisotopic (exact) mass is 3880 g/mol. The summed E-state index contributed by atoms with van der Waals surface area (Å²) in [5, 5.41) is 106. The molecule has 5 heterocycles. The molecule has 0 amide bonds. The molecule has 3 aromatic rings. The second-order valence-corrected chi connectivity index (χ2v) is 49.7. The molecule has 25 nitrogen and oxygen atoms in total. The van der Waals surface area contributed by atoms with Crippen LogP contribution in [0.15, 0.2) is 72.8 Å². The quantitative estimate of drug-likeness (QED) is 0.0239. The number of aliphatic hydroxyl groups is 11. The molecule has 55 heteroatoms. The van der Waals surface area contributed by atoms with Crippen molar-refractivity contribution >= 4 is 477 Å². The van der Waals surface area contributed by atoms with Gasteiger partial charge in [-0.2, -0.15) is 49.5 Å². The molecule has 5 aliphatic rings. The first-order valence-corrected chi connectivity index (χ1v) is 64.7. The number of thiol groups is 4. The Labute approximate surface area is 906 Å². The molecule has 0 aromatic heterocycles. The molecule has 113 heavy (non-hydrogen) atoms. The van der Waals surface area contributed by atoms with Crippen molar-refractivity contribution in [2.75, 3.05) is 33.0 Å². The Bertz CT molecular complexity index is 3380. The third-order valence-corrected chi connectivity index (χ3v) is 62.1. The van der Waals surface area contributed by atoms with Gasteiger partial charge in [-0.25, -0.2) is 21.0 Å². The summed E-state index contributed by atoms with van der Waals surface area (Å²) in [5.41, 5.74) is 2.88. The van der Waals surface area contributed by atoms with Crippen LogP contribution in [-0.2, 0) is 143 Å². The van der Waals surface area contributed by atoms with E-state index in [-0.39, 0.29) is 188 Å². The van der Waals surface area contributed by atoms with Crippen LogP contribution in [0.25, 0.3) is 0 Å². The molecule has 619 valence electrons. The van der Waals surface area contributed by atoms with Crippen LogP contribution >= 0.6 is 135 Å². The van der Waals surface area contributed by atoms with Crippen molar-refractivity contribution in [3.63, 3.8) is 0 Å². The Morgan fingerprint density at radius 1 is 0.354 bits per heavy atom. The van der Waals surface area contributed by atoms with Crippen molar-refractivity contribution in [1.82, 2.24) is 0 Å². The molecule has 30 atom stereocenters. The van der Waals surface area contributed by atoms with Gasteiger partial charge < -0.3 is 104 Å². The summed E-state index contributed by atoms with van der Waals surface area (Å²) in [6.45, 7) is -0.989. The molecule has 5 aliphatic heterocycles. The summed E-state index contributed by atoms with van der Waals surface area (Å²) < 4.78 is 101. The van der Waals surface area contributed by atoms with Crippen LogP contribution in [0.3, 0.4) is 0 Å². The topological polar surface area (TPSA) is 391 Å². The minimum Gasteiger partial charge on any atom is -0.813 e. The Morgan fingerprint density at radius 3 is 0.841 bits per heavy atom. The van der Waals surface area contributed by atoms with E-state index in [2.05, 4.69) is 163 Å². The zero-order valence-corrected chi connectivity index (χ0v) is 130. The number of terminal acetylenes is 1. The fourth-order valence-corrected chi connectivity index (χ4v) is 37.3. The van der Waals surface area contributed by atoms with Crippen LogP contribution in [0.1, 0.15) is 22.3 Å². The maximum atomic E-state index is 10.0. The van der Waals surface area contributed by atoms with Gasteiger partial charge >= 0.3 is 444 Å². The van der Waals surface area contributed by atoms with Gasteiger partial charge in [-0.3, -0.25) is 0 Å². The van der Waals surface area contributed by atoms with Crippen molar-refractivity contribution in [1.29, 1.82) is 0 Å². The molecule has 0 bridgehead atoms. The van der Waals surface area contributed by atoms with Gasteiger partial charge in [0.2, 0.25) is 0 Å². The van der Waals surface area contributed by atoms with E-state index >= 15 is 0 Å². The van der Waals surface area contributed by atoms with Gasteiger partial charge in [-0.1, -0.05) is 23.7 Å². The molecule has 3 aromatic carbocycles. The first-order chi connectivity index (χ1) is 49.6. The Balaban J connectivity index is -0.000000155. The van der Waals surface area contributed by atoms with E-state index in [1.165, 1.54) is 7.14 Å². The van der Waals surface area contributed by atoms with E-state index in [0.717, 1.165) is 11.1 Å². The molecule has 8 rings (SSSR count). The number of hydrogen-bond acceptors (Lipinski definition) is 29. The average molecular weight is 3880 g/mol. The van der Waals surface area contributed by atoms with E-state index < -0.39 is 74.3 Å². The summed E-state index contributed by atoms with van der Waals surface area (Å²) >= 11 is 9.10. The van der Waals surface area contributed by atoms with E-state index in [0.29, 0.717) is 313 Å². The predicted octanol–water partition coefficient (Wildman–Crippen LogP) is -4.92. The van der Waals surface area contributed by atoms with E-state index in [4.69, 9.17) is 61.9 Å². The number of rotatable bonds is 9. The van der Waals surface area contributed by atoms with Crippen LogP contribution in [0, 0.1) is 66.8 Å². The largest absolute Gasteiger partial charge is 0.813 e. The molecule has 0 aliphatic carbocycles. The third-order valence-electron chi connectivity index (χ3n) is 15.1. The first-order valence-electron chi connectivity index (χ1n) is 29.6. The van der Waals surface area contributed by atoms with Crippen LogP contribution in [0.5, 0.6) is 0 Å². The van der Waals surface area contributed by atoms with E-state index in [1.807, 2.05) is 24.3 Å². The second-order valence-electron chi connectivity index (χ2n) is 21.3. The van der Waals surface area contributed by atoms with Crippen molar-refractivity contribution in [2.45, 2.75) is 139 Å². The maximum absolute atomic E-state index is 10.0. The molecule has 5 unspecified atom stereocenters. The Morgan fingerprint density at radius 2 is 0.584 bits per heavy atom. The number of aliphatic hydroxyl groups excluding tert-OH is 11. The molecular weight excluding hydrogens is 3790 g/mol. The summed E-state index contributed by atoms with van der Waals surface area (Å²) in [5.74, 6) is 26.6. The summed E-state index contributed by atoms with van der Waals surface area (Å²) in [6.07, 6.45) is -8.85. The minimum absolute atomic E-state index is 0. The van der Waals surface area contributed by atoms with Crippen molar-refractivity contribution in [2.24, 2.45) is 0 Å². The summed E-state index contributed by atoms with van der Waals surface area (Å²) in [6, 6.07) is 22.8. The summed E-state index contributed by atoms with van der Waals surface area (Å²) in [7, 11) is 14.3. The van der Waals surface area contributed by atoms with E-state index in [9.17, 15) is 56.2 Å². The molecule has 0 saturated carbocycles. The maximum Gasteiger partial charge on any atom is -0.153 e. The van der Waals surface area contributed by atoms with Crippen LogP contribution < -0.4 is 0 Å². The predicted molar refractivity (Wildman–Crippen MR) is 526 cm³/mol. The van der Waals surface area contributed by atoms with Gasteiger partial charge in [0.05, 0.1) is 13.2 Å². The van der Waals surface area contributed by atoms with Crippen LogP contribution in [-0.4, -0.2) is 466 Å². The zero-order valence-electron chi connectivity index (χ0n) is 60.1. The molecule has 11 N–H and O–H groups in total. The van der Waals surface area contributed by atoms with Crippen molar-refractivity contribution in [3.8, 4) is 59.7 Å². The minimum atomic E-state index is -1.50. The van der Waals surface area contributed by atoms with Gasteiger partial charge in [0.15, 0.2) is 0 Å². The number of hydrogen-bond donors (Lipinski definition) is 11. The van der Waals surface area contributed by atoms with Gasteiger partial charge in [-0.15, -0.1) is 0 Å². The number of ether oxygens (including phenoxy) is 5. The van der Waals surface area contributed by atoms with Crippen molar-refractivity contribution in [3.05, 3.63) is 102 Å². The molecule has 0 radical (unpaired) electrons. The SMILES string of the molecule is C#C[C@H]1O[C@H](CO)[C@@H]([TlH])[C@H]([TlH])[C@@H]1[O][Tl].Ic1ccc(I)cc1.O=S=P.O=S=P.O=S=P.O=S=P.O=S=P.OC[C@H]1O[C@H](C#Cc2ccc(C#C[C@H]3O[C@H](CO)[C@@H](O)[C@H](O)[C@@H]3O)cc2)[C@@H](O)[C@@H](O)[C@@H]1O.OC[C@H]1O[C@H](C#Cc2ccc(C#C[C@H]3O[C@H](CO)[C@@H]([O][Tl])[C@H]([O][Tl])[C@@H]3[TlH])cc2)[C@@H]([O][Tl])[C@@H]([TlH])[C@@H]1[TlH].P.P.P.P.P.[SH-].[SH-].[SH-].[SH-]. The van der Waals surface area contributed by atoms with Gasteiger partial charge in [0.1, 0.15) is 115 Å². The third kappa shape index (κ3) is 53.9. The summed E-state index contributed by atoms with van der Waals surface area (Å²) in [4.78, 5) is 0. The Kier molecular flexibility index (Phi) is 110. The first kappa shape index (κ1) is 143. The van der Waals surface area contributed by atoms with Gasteiger partial charge in [0, 0.05) is 18.3 Å². The molecule has 0 spiro atoms. The van der Waals surface area contributed by atoms with Crippen molar-refractivity contribution < 1.29 is 112 Å². The van der Waals surface area contributed by atoms with Gasteiger partial charge in [0.25, 0.3) is 0 Å². The Hall–Kier alpha value is 9.57. The smallest absolute Gasteiger partial charge is 0.153 e. The normalized spacial score (nSPS) is 29.0. The fraction of sp³-hybridized carbons (Fsp3) is 0.517. The number of benzene rings is 3. The number of halogens is 2. The zero-order chi connectivity index (χ0) is 79.2. The van der Waals surface area contributed by atoms with E-state index in [1.54, 1.807) is 24.3 Å². The second kappa shape index (κ2) is 86.9. The fourth-order valence-electron chi connectivity index (χ4n) is 9.56.